The molecule has 140 valence electrons. The summed E-state index contributed by atoms with van der Waals surface area (Å²) in [6.45, 7) is 2.48. The summed E-state index contributed by atoms with van der Waals surface area (Å²) < 4.78 is 18.6. The van der Waals surface area contributed by atoms with Gasteiger partial charge >= 0.3 is 0 Å². The predicted octanol–water partition coefficient (Wildman–Crippen LogP) is 3.65. The third-order valence-corrected chi connectivity index (χ3v) is 5.96. The fraction of sp³-hybridized carbons (Fsp3) is 0.350. The standard InChI is InChI=1S/C20H20FN3O2S/c1-12-2-7-15-16(8-12)27-20-18(15)19(23-11-24-20)26-10-17(25)22-9-13-3-5-14(21)6-4-13/h3-6,11-12H,2,7-10H2,1H3,(H,22,25)/t12-/m0/s1. The minimum absolute atomic E-state index is 0.117. The highest BCUT2D eigenvalue weighted by atomic mass is 32.1. The number of aromatic nitrogens is 2. The predicted molar refractivity (Wildman–Crippen MR) is 102 cm³/mol. The molecule has 27 heavy (non-hydrogen) atoms. The van der Waals surface area contributed by atoms with Crippen LogP contribution in [0.4, 0.5) is 4.39 Å². The SMILES string of the molecule is C[C@H]1CCc2c(sc3ncnc(OCC(=O)NCc4ccc(F)cc4)c23)C1. The second-order valence-corrected chi connectivity index (χ2v) is 7.99. The molecule has 1 N–H and O–H groups in total. The van der Waals surface area contributed by atoms with Crippen LogP contribution in [0.15, 0.2) is 30.6 Å². The Labute approximate surface area is 160 Å². The van der Waals surface area contributed by atoms with Crippen molar-refractivity contribution < 1.29 is 13.9 Å². The molecular weight excluding hydrogens is 365 g/mol. The van der Waals surface area contributed by atoms with Crippen LogP contribution in [0.2, 0.25) is 0 Å². The van der Waals surface area contributed by atoms with Gasteiger partial charge in [0.15, 0.2) is 6.61 Å². The zero-order valence-electron chi connectivity index (χ0n) is 15.0. The van der Waals surface area contributed by atoms with Gasteiger partial charge in [-0.25, -0.2) is 14.4 Å². The van der Waals surface area contributed by atoms with Crippen LogP contribution in [0.3, 0.4) is 0 Å². The van der Waals surface area contributed by atoms with Crippen LogP contribution in [-0.2, 0) is 24.2 Å². The summed E-state index contributed by atoms with van der Waals surface area (Å²) in [7, 11) is 0. The number of fused-ring (bicyclic) bond motifs is 3. The van der Waals surface area contributed by atoms with E-state index in [-0.39, 0.29) is 18.3 Å². The molecule has 0 bridgehead atoms. The topological polar surface area (TPSA) is 64.1 Å². The number of nitrogens with zero attached hydrogens (tertiary/aromatic N) is 2. The number of thiophene rings is 1. The smallest absolute Gasteiger partial charge is 0.258 e. The van der Waals surface area contributed by atoms with Gasteiger partial charge < -0.3 is 10.1 Å². The van der Waals surface area contributed by atoms with E-state index in [1.807, 2.05) is 0 Å². The van der Waals surface area contributed by atoms with Gasteiger partial charge in [-0.1, -0.05) is 19.1 Å². The van der Waals surface area contributed by atoms with Crippen molar-refractivity contribution in [3.63, 3.8) is 0 Å². The van der Waals surface area contributed by atoms with Gasteiger partial charge in [0, 0.05) is 11.4 Å². The van der Waals surface area contributed by atoms with Crippen LogP contribution >= 0.6 is 11.3 Å². The molecule has 1 amide bonds. The molecule has 0 saturated carbocycles. The molecule has 0 aliphatic heterocycles. The molecule has 1 aliphatic carbocycles. The Morgan fingerprint density at radius 2 is 2.15 bits per heavy atom. The Bertz CT molecular complexity index is 971. The molecule has 7 heteroatoms. The number of halogens is 1. The van der Waals surface area contributed by atoms with E-state index in [0.29, 0.717) is 18.3 Å². The van der Waals surface area contributed by atoms with E-state index in [0.717, 1.165) is 35.0 Å². The number of benzene rings is 1. The molecule has 1 aromatic carbocycles. The van der Waals surface area contributed by atoms with E-state index >= 15 is 0 Å². The Morgan fingerprint density at radius 3 is 2.96 bits per heavy atom. The summed E-state index contributed by atoms with van der Waals surface area (Å²) in [5.74, 6) is 0.614. The van der Waals surface area contributed by atoms with Gasteiger partial charge in [0.05, 0.1) is 5.39 Å². The van der Waals surface area contributed by atoms with Crippen molar-refractivity contribution in [1.29, 1.82) is 0 Å². The molecule has 1 atom stereocenters. The second-order valence-electron chi connectivity index (χ2n) is 6.90. The van der Waals surface area contributed by atoms with E-state index in [2.05, 4.69) is 22.2 Å². The zero-order valence-corrected chi connectivity index (χ0v) is 15.8. The minimum atomic E-state index is -0.297. The van der Waals surface area contributed by atoms with Crippen LogP contribution in [0.1, 0.15) is 29.3 Å². The molecule has 5 nitrogen and oxygen atoms in total. The number of aryl methyl sites for hydroxylation is 1. The summed E-state index contributed by atoms with van der Waals surface area (Å²) in [5.41, 5.74) is 2.10. The maximum Gasteiger partial charge on any atom is 0.258 e. The third-order valence-electron chi connectivity index (χ3n) is 4.80. The first-order valence-electron chi connectivity index (χ1n) is 8.99. The molecular formula is C20H20FN3O2S. The van der Waals surface area contributed by atoms with E-state index in [1.165, 1.54) is 28.9 Å². The van der Waals surface area contributed by atoms with Crippen LogP contribution in [0.25, 0.3) is 10.2 Å². The number of hydrogen-bond donors (Lipinski definition) is 1. The fourth-order valence-electron chi connectivity index (χ4n) is 3.34. The number of hydrogen-bond acceptors (Lipinski definition) is 5. The Kier molecular flexibility index (Phi) is 5.03. The first kappa shape index (κ1) is 17.9. The van der Waals surface area contributed by atoms with Crippen molar-refractivity contribution in [2.75, 3.05) is 6.61 Å². The molecule has 0 spiro atoms. The quantitative estimate of drug-likeness (QED) is 0.728. The molecule has 2 aromatic heterocycles. The van der Waals surface area contributed by atoms with Crippen molar-refractivity contribution in [2.24, 2.45) is 5.92 Å². The van der Waals surface area contributed by atoms with Crippen molar-refractivity contribution in [1.82, 2.24) is 15.3 Å². The number of ether oxygens (including phenoxy) is 1. The van der Waals surface area contributed by atoms with Crippen LogP contribution in [0, 0.1) is 11.7 Å². The monoisotopic (exact) mass is 385 g/mol. The van der Waals surface area contributed by atoms with Crippen LogP contribution in [0.5, 0.6) is 5.88 Å². The number of amides is 1. The largest absolute Gasteiger partial charge is 0.467 e. The summed E-state index contributed by atoms with van der Waals surface area (Å²) in [5, 5.41) is 3.73. The molecule has 0 radical (unpaired) electrons. The molecule has 1 aliphatic rings. The average molecular weight is 385 g/mol. The van der Waals surface area contributed by atoms with Gasteiger partial charge in [0.25, 0.3) is 5.91 Å². The molecule has 3 aromatic rings. The molecule has 0 fully saturated rings. The van der Waals surface area contributed by atoms with E-state index in [4.69, 9.17) is 4.74 Å². The maximum absolute atomic E-state index is 12.9. The highest BCUT2D eigenvalue weighted by molar-refractivity contribution is 7.18. The van der Waals surface area contributed by atoms with Crippen molar-refractivity contribution in [3.8, 4) is 5.88 Å². The first-order chi connectivity index (χ1) is 13.1. The van der Waals surface area contributed by atoms with Crippen LogP contribution in [-0.4, -0.2) is 22.5 Å². The Morgan fingerprint density at radius 1 is 1.33 bits per heavy atom. The average Bonchev–Trinajstić information content (AvgIpc) is 3.03. The van der Waals surface area contributed by atoms with Gasteiger partial charge in [-0.05, 0) is 48.4 Å². The molecule has 4 rings (SSSR count). The fourth-order valence-corrected chi connectivity index (χ4v) is 4.68. The summed E-state index contributed by atoms with van der Waals surface area (Å²) in [6.07, 6.45) is 4.69. The number of carbonyl (C=O) groups is 1. The second kappa shape index (κ2) is 7.60. The van der Waals surface area contributed by atoms with Crippen molar-refractivity contribution in [2.45, 2.75) is 32.7 Å². The minimum Gasteiger partial charge on any atom is -0.467 e. The lowest BCUT2D eigenvalue weighted by atomic mass is 9.89. The number of nitrogens with one attached hydrogen (secondary N) is 1. The summed E-state index contributed by atoms with van der Waals surface area (Å²) >= 11 is 1.70. The van der Waals surface area contributed by atoms with Crippen LogP contribution < -0.4 is 10.1 Å². The van der Waals surface area contributed by atoms with Gasteiger partial charge in [-0.15, -0.1) is 11.3 Å². The Balaban J connectivity index is 1.43. The van der Waals surface area contributed by atoms with Gasteiger partial charge in [-0.2, -0.15) is 0 Å². The number of rotatable bonds is 5. The third kappa shape index (κ3) is 3.93. The highest BCUT2D eigenvalue weighted by Gasteiger charge is 2.23. The van der Waals surface area contributed by atoms with E-state index < -0.39 is 0 Å². The highest BCUT2D eigenvalue weighted by Crippen LogP contribution is 2.40. The molecule has 0 saturated heterocycles. The lowest BCUT2D eigenvalue weighted by Crippen LogP contribution is -2.28. The van der Waals surface area contributed by atoms with E-state index in [9.17, 15) is 9.18 Å². The van der Waals surface area contributed by atoms with Crippen molar-refractivity contribution in [3.05, 3.63) is 52.4 Å². The van der Waals surface area contributed by atoms with Gasteiger partial charge in [0.1, 0.15) is 17.0 Å². The first-order valence-corrected chi connectivity index (χ1v) is 9.81. The van der Waals surface area contributed by atoms with Gasteiger partial charge in [-0.3, -0.25) is 4.79 Å². The molecule has 0 unspecified atom stereocenters. The zero-order chi connectivity index (χ0) is 18.8. The molecule has 2 heterocycles. The maximum atomic E-state index is 12.9. The van der Waals surface area contributed by atoms with Crippen molar-refractivity contribution >= 4 is 27.5 Å². The normalized spacial score (nSPS) is 16.1. The van der Waals surface area contributed by atoms with E-state index in [1.54, 1.807) is 23.5 Å². The lowest BCUT2D eigenvalue weighted by molar-refractivity contribution is -0.123. The number of carbonyl (C=O) groups excluding carboxylic acids is 1. The Hall–Kier alpha value is -2.54. The van der Waals surface area contributed by atoms with Gasteiger partial charge in [0.2, 0.25) is 5.88 Å². The summed E-state index contributed by atoms with van der Waals surface area (Å²) in [6, 6.07) is 6.03. The summed E-state index contributed by atoms with van der Waals surface area (Å²) in [4.78, 5) is 23.0. The lowest BCUT2D eigenvalue weighted by Gasteiger charge is -2.18.